The molecule has 0 bridgehead atoms. The van der Waals surface area contributed by atoms with Gasteiger partial charge in [0.25, 0.3) is 5.91 Å². The third-order valence-electron chi connectivity index (χ3n) is 2.31. The second-order valence-electron chi connectivity index (χ2n) is 3.45. The molecule has 1 unspecified atom stereocenters. The molecule has 0 saturated carbocycles. The van der Waals surface area contributed by atoms with Crippen molar-refractivity contribution in [3.8, 4) is 0 Å². The highest BCUT2D eigenvalue weighted by molar-refractivity contribution is 6.04. The van der Waals surface area contributed by atoms with Crippen LogP contribution in [0.5, 0.6) is 0 Å². The van der Waals surface area contributed by atoms with Crippen molar-refractivity contribution in [3.05, 3.63) is 0 Å². The number of unbranched alkanes of at least 4 members (excludes halogenated alkanes) is 2. The number of likely N-dealkylation sites (tertiary alicyclic amines) is 1. The summed E-state index contributed by atoms with van der Waals surface area (Å²) in [5, 5.41) is 9.11. The van der Waals surface area contributed by atoms with Crippen molar-refractivity contribution in [1.82, 2.24) is 4.90 Å². The normalized spacial score (nSPS) is 22.1. The molecule has 1 aliphatic heterocycles. The highest BCUT2D eigenvalue weighted by Crippen LogP contribution is 2.13. The fourth-order valence-electron chi connectivity index (χ4n) is 1.49. The lowest BCUT2D eigenvalue weighted by Crippen LogP contribution is -2.32. The Morgan fingerprint density at radius 1 is 1.36 bits per heavy atom. The average molecular weight is 200 g/mol. The van der Waals surface area contributed by atoms with Gasteiger partial charge in [-0.15, -0.1) is 0 Å². The van der Waals surface area contributed by atoms with E-state index in [1.165, 1.54) is 0 Å². The van der Waals surface area contributed by atoms with E-state index in [1.54, 1.807) is 0 Å². The van der Waals surface area contributed by atoms with Gasteiger partial charge in [0.15, 0.2) is 0 Å². The molecule has 5 nitrogen and oxygen atoms in total. The standard InChI is InChI=1S/C9H16N2O3/c10-4-2-1-3-5-11-8(13)6-7(12)9(11)14/h7,12H,1-6,10H2. The van der Waals surface area contributed by atoms with Crippen LogP contribution in [0.2, 0.25) is 0 Å². The van der Waals surface area contributed by atoms with Gasteiger partial charge in [-0.25, -0.2) is 0 Å². The summed E-state index contributed by atoms with van der Waals surface area (Å²) in [5.74, 6) is -0.724. The van der Waals surface area contributed by atoms with Crippen molar-refractivity contribution in [3.63, 3.8) is 0 Å². The van der Waals surface area contributed by atoms with Crippen molar-refractivity contribution in [1.29, 1.82) is 0 Å². The lowest BCUT2D eigenvalue weighted by Gasteiger charge is -2.13. The first-order chi connectivity index (χ1) is 6.66. The lowest BCUT2D eigenvalue weighted by atomic mass is 10.2. The van der Waals surface area contributed by atoms with Crippen LogP contribution in [-0.4, -0.2) is 41.0 Å². The van der Waals surface area contributed by atoms with Crippen LogP contribution in [0.1, 0.15) is 25.7 Å². The Morgan fingerprint density at radius 3 is 2.57 bits per heavy atom. The predicted octanol–water partition coefficient (Wildman–Crippen LogP) is -0.765. The van der Waals surface area contributed by atoms with E-state index in [2.05, 4.69) is 0 Å². The highest BCUT2D eigenvalue weighted by Gasteiger charge is 2.36. The Kier molecular flexibility index (Phi) is 4.03. The largest absolute Gasteiger partial charge is 0.383 e. The summed E-state index contributed by atoms with van der Waals surface area (Å²) in [6.07, 6.45) is 1.40. The van der Waals surface area contributed by atoms with Gasteiger partial charge in [0, 0.05) is 6.54 Å². The van der Waals surface area contributed by atoms with Crippen molar-refractivity contribution in [2.45, 2.75) is 31.8 Å². The summed E-state index contributed by atoms with van der Waals surface area (Å²) in [5.41, 5.74) is 5.31. The molecule has 1 heterocycles. The fourth-order valence-corrected chi connectivity index (χ4v) is 1.49. The summed E-state index contributed by atoms with van der Waals surface area (Å²) >= 11 is 0. The van der Waals surface area contributed by atoms with E-state index in [4.69, 9.17) is 10.8 Å². The zero-order chi connectivity index (χ0) is 10.6. The number of imide groups is 1. The quantitative estimate of drug-likeness (QED) is 0.451. The van der Waals surface area contributed by atoms with Gasteiger partial charge in [-0.3, -0.25) is 14.5 Å². The second-order valence-corrected chi connectivity index (χ2v) is 3.45. The number of nitrogens with zero attached hydrogens (tertiary/aromatic N) is 1. The molecule has 80 valence electrons. The smallest absolute Gasteiger partial charge is 0.258 e. The second kappa shape index (κ2) is 5.07. The van der Waals surface area contributed by atoms with Crippen molar-refractivity contribution in [2.24, 2.45) is 5.73 Å². The number of amides is 2. The van der Waals surface area contributed by atoms with Crippen LogP contribution in [0.3, 0.4) is 0 Å². The molecule has 1 atom stereocenters. The SMILES string of the molecule is NCCCCCN1C(=O)CC(O)C1=O. The molecule has 14 heavy (non-hydrogen) atoms. The molecule has 0 aliphatic carbocycles. The van der Waals surface area contributed by atoms with Gasteiger partial charge in [0.2, 0.25) is 5.91 Å². The van der Waals surface area contributed by atoms with Gasteiger partial charge in [0.1, 0.15) is 6.10 Å². The number of aliphatic hydroxyl groups excluding tert-OH is 1. The maximum atomic E-state index is 11.2. The topological polar surface area (TPSA) is 83.6 Å². The van der Waals surface area contributed by atoms with E-state index in [9.17, 15) is 9.59 Å². The molecule has 0 radical (unpaired) electrons. The molecule has 1 fully saturated rings. The van der Waals surface area contributed by atoms with E-state index in [0.717, 1.165) is 24.2 Å². The highest BCUT2D eigenvalue weighted by atomic mass is 16.3. The lowest BCUT2D eigenvalue weighted by molar-refractivity contribution is -0.140. The van der Waals surface area contributed by atoms with E-state index in [-0.39, 0.29) is 12.3 Å². The van der Waals surface area contributed by atoms with Crippen molar-refractivity contribution >= 4 is 11.8 Å². The van der Waals surface area contributed by atoms with Crippen LogP contribution >= 0.6 is 0 Å². The molecule has 1 aliphatic rings. The van der Waals surface area contributed by atoms with Gasteiger partial charge in [-0.2, -0.15) is 0 Å². The van der Waals surface area contributed by atoms with Crippen LogP contribution in [0.4, 0.5) is 0 Å². The zero-order valence-corrected chi connectivity index (χ0v) is 8.11. The molecule has 3 N–H and O–H groups in total. The monoisotopic (exact) mass is 200 g/mol. The van der Waals surface area contributed by atoms with E-state index in [0.29, 0.717) is 13.1 Å². The zero-order valence-electron chi connectivity index (χ0n) is 8.11. The summed E-state index contributed by atoms with van der Waals surface area (Å²) in [6.45, 7) is 1.04. The number of carbonyl (C=O) groups is 2. The molecule has 2 amide bonds. The number of carbonyl (C=O) groups excluding carboxylic acids is 2. The minimum absolute atomic E-state index is 0.0598. The minimum Gasteiger partial charge on any atom is -0.383 e. The Hall–Kier alpha value is -0.940. The first-order valence-electron chi connectivity index (χ1n) is 4.89. The number of nitrogens with two attached hydrogens (primary N) is 1. The number of hydrogen-bond donors (Lipinski definition) is 2. The third-order valence-corrected chi connectivity index (χ3v) is 2.31. The fraction of sp³-hybridized carbons (Fsp3) is 0.778. The van der Waals surface area contributed by atoms with Gasteiger partial charge in [-0.05, 0) is 19.4 Å². The maximum Gasteiger partial charge on any atom is 0.258 e. The number of rotatable bonds is 5. The molecule has 0 aromatic rings. The van der Waals surface area contributed by atoms with Crippen LogP contribution in [0.15, 0.2) is 0 Å². The number of aliphatic hydroxyl groups is 1. The first-order valence-corrected chi connectivity index (χ1v) is 4.89. The third kappa shape index (κ3) is 2.52. The van der Waals surface area contributed by atoms with Gasteiger partial charge >= 0.3 is 0 Å². The van der Waals surface area contributed by atoms with Crippen LogP contribution in [0, 0.1) is 0 Å². The molecule has 1 saturated heterocycles. The molecular weight excluding hydrogens is 184 g/mol. The Balaban J connectivity index is 2.30. The van der Waals surface area contributed by atoms with Gasteiger partial charge < -0.3 is 10.8 Å². The predicted molar refractivity (Wildman–Crippen MR) is 50.2 cm³/mol. The molecule has 1 rings (SSSR count). The first kappa shape index (κ1) is 11.1. The maximum absolute atomic E-state index is 11.2. The molecular formula is C9H16N2O3. The Morgan fingerprint density at radius 2 is 2.07 bits per heavy atom. The van der Waals surface area contributed by atoms with E-state index in [1.807, 2.05) is 0 Å². The van der Waals surface area contributed by atoms with Crippen molar-refractivity contribution in [2.75, 3.05) is 13.1 Å². The van der Waals surface area contributed by atoms with Gasteiger partial charge in [-0.1, -0.05) is 6.42 Å². The summed E-state index contributed by atoms with van der Waals surface area (Å²) in [6, 6.07) is 0. The number of hydrogen-bond acceptors (Lipinski definition) is 4. The summed E-state index contributed by atoms with van der Waals surface area (Å²) in [7, 11) is 0. The molecule has 0 spiro atoms. The van der Waals surface area contributed by atoms with Crippen LogP contribution in [-0.2, 0) is 9.59 Å². The van der Waals surface area contributed by atoms with Crippen LogP contribution < -0.4 is 5.73 Å². The van der Waals surface area contributed by atoms with Crippen molar-refractivity contribution < 1.29 is 14.7 Å². The molecule has 5 heteroatoms. The van der Waals surface area contributed by atoms with E-state index >= 15 is 0 Å². The average Bonchev–Trinajstić information content (AvgIpc) is 2.38. The van der Waals surface area contributed by atoms with E-state index < -0.39 is 12.0 Å². The molecule has 0 aromatic carbocycles. The summed E-state index contributed by atoms with van der Waals surface area (Å²) in [4.78, 5) is 23.5. The summed E-state index contributed by atoms with van der Waals surface area (Å²) < 4.78 is 0. The Bertz CT molecular complexity index is 230. The molecule has 0 aromatic heterocycles. The Labute approximate surface area is 82.9 Å². The van der Waals surface area contributed by atoms with Gasteiger partial charge in [0.05, 0.1) is 6.42 Å². The minimum atomic E-state index is -1.11. The van der Waals surface area contributed by atoms with Crippen LogP contribution in [0.25, 0.3) is 0 Å².